The van der Waals surface area contributed by atoms with E-state index in [1.165, 1.54) is 6.07 Å². The van der Waals surface area contributed by atoms with Crippen molar-refractivity contribution in [3.05, 3.63) is 23.5 Å². The van der Waals surface area contributed by atoms with Gasteiger partial charge >= 0.3 is 6.01 Å². The molecule has 2 heterocycles. The van der Waals surface area contributed by atoms with E-state index >= 15 is 0 Å². The van der Waals surface area contributed by atoms with Crippen LogP contribution in [-0.2, 0) is 16.4 Å². The zero-order valence-electron chi connectivity index (χ0n) is 11.3. The van der Waals surface area contributed by atoms with Crippen molar-refractivity contribution >= 4 is 21.7 Å². The molecule has 1 aromatic carbocycles. The van der Waals surface area contributed by atoms with Crippen LogP contribution in [0.4, 0.5) is 11.7 Å². The molecule has 3 N–H and O–H groups in total. The van der Waals surface area contributed by atoms with Crippen LogP contribution in [0, 0.1) is 6.92 Å². The smallest absolute Gasteiger partial charge is 0.335 e. The van der Waals surface area contributed by atoms with Gasteiger partial charge in [-0.15, -0.1) is 0 Å². The van der Waals surface area contributed by atoms with Crippen LogP contribution in [-0.4, -0.2) is 25.2 Å². The van der Waals surface area contributed by atoms with Crippen LogP contribution in [0.25, 0.3) is 0 Å². The highest BCUT2D eigenvalue weighted by Crippen LogP contribution is 2.35. The molecule has 0 fully saturated rings. The lowest BCUT2D eigenvalue weighted by Gasteiger charge is -2.20. The topological polar surface area (TPSA) is 120 Å². The van der Waals surface area contributed by atoms with E-state index in [0.717, 1.165) is 18.4 Å². The number of aromatic nitrogens is 2. The molecule has 21 heavy (non-hydrogen) atoms. The van der Waals surface area contributed by atoms with Gasteiger partial charge in [-0.2, -0.15) is 4.98 Å². The molecule has 0 amide bonds. The number of aryl methyl sites for hydroxylation is 2. The fraction of sp³-hybridized carbons (Fsp3) is 0.333. The number of nitrogen functional groups attached to an aromatic ring is 1. The third kappa shape index (κ3) is 2.64. The third-order valence-electron chi connectivity index (χ3n) is 3.03. The van der Waals surface area contributed by atoms with Crippen LogP contribution < -0.4 is 15.2 Å². The van der Waals surface area contributed by atoms with Gasteiger partial charge < -0.3 is 15.0 Å². The number of benzene rings is 1. The molecule has 0 saturated heterocycles. The van der Waals surface area contributed by atoms with Crippen molar-refractivity contribution in [2.24, 2.45) is 0 Å². The average Bonchev–Trinajstić information content (AvgIpc) is 2.82. The quantitative estimate of drug-likeness (QED) is 0.814. The Bertz CT molecular complexity index is 785. The number of nitrogens with zero attached hydrogens (tertiary/aromatic N) is 2. The van der Waals surface area contributed by atoms with Gasteiger partial charge in [0.2, 0.25) is 0 Å². The minimum atomic E-state index is -3.92. The number of sulfonamides is 1. The maximum absolute atomic E-state index is 12.5. The Morgan fingerprint density at radius 1 is 1.38 bits per heavy atom. The first kappa shape index (κ1) is 13.7. The van der Waals surface area contributed by atoms with Crippen LogP contribution in [0.5, 0.6) is 5.75 Å². The molecule has 0 bridgehead atoms. The minimum absolute atomic E-state index is 0.0203. The first-order chi connectivity index (χ1) is 9.95. The molecule has 1 aliphatic heterocycles. The van der Waals surface area contributed by atoms with Gasteiger partial charge in [0.15, 0.2) is 5.82 Å². The molecular weight excluding hydrogens is 296 g/mol. The molecule has 0 spiro atoms. The lowest BCUT2D eigenvalue weighted by Crippen LogP contribution is -2.18. The molecule has 1 aromatic heterocycles. The minimum Gasteiger partial charge on any atom is -0.492 e. The third-order valence-corrected chi connectivity index (χ3v) is 4.36. The molecule has 0 aliphatic carbocycles. The van der Waals surface area contributed by atoms with Crippen LogP contribution in [0.3, 0.4) is 0 Å². The van der Waals surface area contributed by atoms with E-state index in [1.807, 2.05) is 0 Å². The number of nitrogens with one attached hydrogen (secondary N) is 1. The largest absolute Gasteiger partial charge is 0.492 e. The molecule has 2 aromatic rings. The predicted molar refractivity (Wildman–Crippen MR) is 74.5 cm³/mol. The summed E-state index contributed by atoms with van der Waals surface area (Å²) in [6.45, 7) is 2.06. The van der Waals surface area contributed by atoms with Gasteiger partial charge in [0.05, 0.1) is 6.61 Å². The zero-order chi connectivity index (χ0) is 15.0. The van der Waals surface area contributed by atoms with Gasteiger partial charge in [0.25, 0.3) is 10.0 Å². The van der Waals surface area contributed by atoms with E-state index in [0.29, 0.717) is 23.9 Å². The number of anilines is 2. The van der Waals surface area contributed by atoms with Crippen LogP contribution in [0.15, 0.2) is 21.6 Å². The summed E-state index contributed by atoms with van der Waals surface area (Å²) in [5.74, 6) is 0.665. The SMILES string of the molecule is Cc1noc(NS(=O)(=O)c2cc(N)cc3c2OCCC3)n1. The summed E-state index contributed by atoms with van der Waals surface area (Å²) in [6, 6.07) is 2.89. The van der Waals surface area contributed by atoms with Gasteiger partial charge in [0.1, 0.15) is 10.6 Å². The molecular formula is C12H14N4O4S. The summed E-state index contributed by atoms with van der Waals surface area (Å²) in [5, 5.41) is 3.53. The average molecular weight is 310 g/mol. The summed E-state index contributed by atoms with van der Waals surface area (Å²) in [6.07, 6.45) is 1.55. The number of rotatable bonds is 3. The van der Waals surface area contributed by atoms with Gasteiger partial charge in [0, 0.05) is 5.69 Å². The molecule has 0 unspecified atom stereocenters. The highest BCUT2D eigenvalue weighted by molar-refractivity contribution is 7.92. The van der Waals surface area contributed by atoms with Crippen molar-refractivity contribution in [2.45, 2.75) is 24.7 Å². The lowest BCUT2D eigenvalue weighted by molar-refractivity contribution is 0.280. The van der Waals surface area contributed by atoms with Gasteiger partial charge in [-0.25, -0.2) is 13.1 Å². The molecule has 0 atom stereocenters. The Morgan fingerprint density at radius 2 is 2.19 bits per heavy atom. The van der Waals surface area contributed by atoms with Crippen molar-refractivity contribution in [3.63, 3.8) is 0 Å². The van der Waals surface area contributed by atoms with E-state index in [4.69, 9.17) is 15.0 Å². The number of ether oxygens (including phenoxy) is 1. The Labute approximate surface area is 121 Å². The highest BCUT2D eigenvalue weighted by Gasteiger charge is 2.26. The second kappa shape index (κ2) is 4.92. The monoisotopic (exact) mass is 310 g/mol. The normalized spacial score (nSPS) is 14.3. The van der Waals surface area contributed by atoms with Crippen molar-refractivity contribution in [3.8, 4) is 5.75 Å². The van der Waals surface area contributed by atoms with E-state index in [2.05, 4.69) is 14.9 Å². The van der Waals surface area contributed by atoms with Crippen molar-refractivity contribution in [2.75, 3.05) is 17.1 Å². The summed E-state index contributed by atoms with van der Waals surface area (Å²) in [7, 11) is -3.92. The van der Waals surface area contributed by atoms with Crippen molar-refractivity contribution in [1.82, 2.24) is 10.1 Å². The Kier molecular flexibility index (Phi) is 3.20. The molecule has 8 nitrogen and oxygen atoms in total. The first-order valence-corrected chi connectivity index (χ1v) is 7.82. The molecule has 0 saturated carbocycles. The predicted octanol–water partition coefficient (Wildman–Crippen LogP) is 1.09. The highest BCUT2D eigenvalue weighted by atomic mass is 32.2. The summed E-state index contributed by atoms with van der Waals surface area (Å²) in [5.41, 5.74) is 6.92. The fourth-order valence-electron chi connectivity index (χ4n) is 2.18. The summed E-state index contributed by atoms with van der Waals surface area (Å²) < 4.78 is 37.4. The van der Waals surface area contributed by atoms with Crippen molar-refractivity contribution in [1.29, 1.82) is 0 Å². The number of nitrogens with two attached hydrogens (primary N) is 1. The van der Waals surface area contributed by atoms with Crippen LogP contribution in [0.1, 0.15) is 17.8 Å². The Morgan fingerprint density at radius 3 is 2.90 bits per heavy atom. The van der Waals surface area contributed by atoms with Crippen molar-refractivity contribution < 1.29 is 17.7 Å². The van der Waals surface area contributed by atoms with E-state index < -0.39 is 10.0 Å². The Hall–Kier alpha value is -2.29. The fourth-order valence-corrected chi connectivity index (χ4v) is 3.33. The Balaban J connectivity index is 2.04. The maximum atomic E-state index is 12.5. The summed E-state index contributed by atoms with van der Waals surface area (Å²) in [4.78, 5) is 3.80. The second-order valence-corrected chi connectivity index (χ2v) is 6.36. The molecule has 1 aliphatic rings. The summed E-state index contributed by atoms with van der Waals surface area (Å²) >= 11 is 0. The molecule has 0 radical (unpaired) electrons. The van der Waals surface area contributed by atoms with Gasteiger partial charge in [-0.3, -0.25) is 0 Å². The number of hydrogen-bond acceptors (Lipinski definition) is 7. The standard InChI is InChI=1S/C12H14N4O4S/c1-7-14-12(20-15-7)16-21(17,18)10-6-9(13)5-8-3-2-4-19-11(8)10/h5-6H,2-4,13H2,1H3,(H,14,15,16). The molecule has 112 valence electrons. The van der Waals surface area contributed by atoms with E-state index in [-0.39, 0.29) is 10.9 Å². The van der Waals surface area contributed by atoms with Crippen LogP contribution >= 0.6 is 0 Å². The lowest BCUT2D eigenvalue weighted by atomic mass is 10.1. The first-order valence-electron chi connectivity index (χ1n) is 6.34. The van der Waals surface area contributed by atoms with Gasteiger partial charge in [-0.1, -0.05) is 5.16 Å². The second-order valence-electron chi connectivity index (χ2n) is 4.71. The zero-order valence-corrected chi connectivity index (χ0v) is 12.1. The molecule has 9 heteroatoms. The van der Waals surface area contributed by atoms with E-state index in [1.54, 1.807) is 13.0 Å². The molecule has 3 rings (SSSR count). The number of hydrogen-bond donors (Lipinski definition) is 2. The van der Waals surface area contributed by atoms with E-state index in [9.17, 15) is 8.42 Å². The number of fused-ring (bicyclic) bond motifs is 1. The maximum Gasteiger partial charge on any atom is 0.335 e. The van der Waals surface area contributed by atoms with Gasteiger partial charge in [-0.05, 0) is 37.5 Å². The van der Waals surface area contributed by atoms with Crippen LogP contribution in [0.2, 0.25) is 0 Å².